The second-order valence-electron chi connectivity index (χ2n) is 5.14. The van der Waals surface area contributed by atoms with Gasteiger partial charge in [-0.05, 0) is 18.8 Å². The Balaban J connectivity index is 0. The first-order valence-electron chi connectivity index (χ1n) is 6.26. The summed E-state index contributed by atoms with van der Waals surface area (Å²) in [5.74, 6) is -0.891. The molecular weight excluding hydrogens is 248 g/mol. The van der Waals surface area contributed by atoms with E-state index >= 15 is 0 Å². The second-order valence-corrected chi connectivity index (χ2v) is 5.14. The van der Waals surface area contributed by atoms with Crippen LogP contribution in [0.5, 0.6) is 0 Å². The van der Waals surface area contributed by atoms with Gasteiger partial charge < -0.3 is 16.2 Å². The molecule has 112 valence electrons. The van der Waals surface area contributed by atoms with Gasteiger partial charge in [0, 0.05) is 6.92 Å². The van der Waals surface area contributed by atoms with Crippen LogP contribution in [0.2, 0.25) is 0 Å². The van der Waals surface area contributed by atoms with Gasteiger partial charge in [0.2, 0.25) is 5.91 Å². The third kappa shape index (κ3) is 10.2. The van der Waals surface area contributed by atoms with Gasteiger partial charge in [-0.25, -0.2) is 0 Å². The third-order valence-corrected chi connectivity index (χ3v) is 2.47. The smallest absolute Gasteiger partial charge is 0.320 e. The average molecular weight is 274 g/mol. The van der Waals surface area contributed by atoms with Crippen LogP contribution in [-0.4, -0.2) is 34.8 Å². The zero-order valence-electron chi connectivity index (χ0n) is 12.6. The summed E-state index contributed by atoms with van der Waals surface area (Å²) in [7, 11) is 0. The van der Waals surface area contributed by atoms with E-state index in [-0.39, 0.29) is 29.6 Å². The predicted molar refractivity (Wildman–Crippen MR) is 73.6 cm³/mol. The molecule has 0 aliphatic carbocycles. The van der Waals surface area contributed by atoms with Crippen molar-refractivity contribution in [3.63, 3.8) is 0 Å². The van der Waals surface area contributed by atoms with Gasteiger partial charge in [-0.2, -0.15) is 0 Å². The summed E-state index contributed by atoms with van der Waals surface area (Å²) < 4.78 is 0. The minimum atomic E-state index is -0.931. The Morgan fingerprint density at radius 2 is 1.42 bits per heavy atom. The lowest BCUT2D eigenvalue weighted by molar-refractivity contribution is -0.139. The highest BCUT2D eigenvalue weighted by Crippen LogP contribution is 2.01. The fourth-order valence-corrected chi connectivity index (χ4v) is 1.24. The molecule has 0 saturated heterocycles. The molecule has 0 radical (unpaired) electrons. The zero-order chi connectivity index (χ0) is 15.7. The van der Waals surface area contributed by atoms with Crippen LogP contribution in [-0.2, 0) is 14.4 Å². The largest absolute Gasteiger partial charge is 0.480 e. The highest BCUT2D eigenvalue weighted by molar-refractivity contribution is 5.86. The Kier molecular flexibility index (Phi) is 9.94. The Morgan fingerprint density at radius 3 is 1.47 bits per heavy atom. The number of carboxylic acid groups (broad SMARTS) is 1. The highest BCUT2D eigenvalue weighted by atomic mass is 16.4. The molecule has 0 heterocycles. The molecule has 0 aromatic rings. The maximum Gasteiger partial charge on any atom is 0.320 e. The van der Waals surface area contributed by atoms with Crippen molar-refractivity contribution in [3.8, 4) is 0 Å². The topological polar surface area (TPSA) is 109 Å². The number of carbonyl (C=O) groups is 3. The second kappa shape index (κ2) is 9.49. The molecule has 1 unspecified atom stereocenters. The number of carbonyl (C=O) groups excluding carboxylic acids is 2. The molecule has 0 saturated carbocycles. The Labute approximate surface area is 114 Å². The molecule has 19 heavy (non-hydrogen) atoms. The molecule has 1 amide bonds. The number of ketones is 1. The molecule has 2 atom stereocenters. The molecule has 0 aliphatic rings. The first kappa shape index (κ1) is 19.9. The maximum absolute atomic E-state index is 10.9. The normalized spacial score (nSPS) is 13.3. The Hall–Kier alpha value is -1.43. The van der Waals surface area contributed by atoms with E-state index in [9.17, 15) is 14.4 Å². The first-order valence-corrected chi connectivity index (χ1v) is 6.26. The number of hydrogen-bond acceptors (Lipinski definition) is 4. The number of nitrogens with one attached hydrogen (secondary N) is 1. The highest BCUT2D eigenvalue weighted by Gasteiger charge is 2.18. The van der Waals surface area contributed by atoms with E-state index in [1.807, 2.05) is 13.8 Å². The molecular formula is C13H26N2O4. The van der Waals surface area contributed by atoms with Crippen molar-refractivity contribution in [2.45, 2.75) is 53.6 Å². The Morgan fingerprint density at radius 1 is 1.00 bits per heavy atom. The van der Waals surface area contributed by atoms with Crippen LogP contribution < -0.4 is 11.1 Å². The quantitative estimate of drug-likeness (QED) is 0.686. The average Bonchev–Trinajstić information content (AvgIpc) is 2.24. The van der Waals surface area contributed by atoms with E-state index in [1.54, 1.807) is 13.8 Å². The standard InChI is InChI=1S/C8H15NO2.C5H11NO2/c1-5(2)8(6(3)10)9-7(4)11;1-3(2)4(6)5(7)8/h5,8H,1-4H3,(H,9,11);3-4H,6H2,1-2H3,(H,7,8)/t;4-/m.0/s1. The summed E-state index contributed by atoms with van der Waals surface area (Å²) in [6.07, 6.45) is 0. The van der Waals surface area contributed by atoms with E-state index in [0.29, 0.717) is 0 Å². The lowest BCUT2D eigenvalue weighted by Gasteiger charge is -2.17. The van der Waals surface area contributed by atoms with Crippen LogP contribution in [0.4, 0.5) is 0 Å². The number of hydrogen-bond donors (Lipinski definition) is 3. The third-order valence-electron chi connectivity index (χ3n) is 2.47. The molecule has 6 nitrogen and oxygen atoms in total. The van der Waals surface area contributed by atoms with E-state index < -0.39 is 12.0 Å². The van der Waals surface area contributed by atoms with Crippen molar-refractivity contribution < 1.29 is 19.5 Å². The van der Waals surface area contributed by atoms with Crippen molar-refractivity contribution in [3.05, 3.63) is 0 Å². The number of carboxylic acids is 1. The summed E-state index contributed by atoms with van der Waals surface area (Å²) >= 11 is 0. The van der Waals surface area contributed by atoms with Crippen LogP contribution in [0.1, 0.15) is 41.5 Å². The lowest BCUT2D eigenvalue weighted by Crippen LogP contribution is -2.42. The van der Waals surface area contributed by atoms with Gasteiger partial charge in [0.05, 0.1) is 6.04 Å². The predicted octanol–water partition coefficient (Wildman–Crippen LogP) is 0.790. The van der Waals surface area contributed by atoms with Gasteiger partial charge in [-0.15, -0.1) is 0 Å². The van der Waals surface area contributed by atoms with Crippen LogP contribution in [0.25, 0.3) is 0 Å². The van der Waals surface area contributed by atoms with Crippen LogP contribution >= 0.6 is 0 Å². The van der Waals surface area contributed by atoms with E-state index in [2.05, 4.69) is 5.32 Å². The zero-order valence-corrected chi connectivity index (χ0v) is 12.6. The fraction of sp³-hybridized carbons (Fsp3) is 0.769. The van der Waals surface area contributed by atoms with E-state index in [1.165, 1.54) is 13.8 Å². The van der Waals surface area contributed by atoms with Gasteiger partial charge in [-0.3, -0.25) is 14.4 Å². The monoisotopic (exact) mass is 274 g/mol. The van der Waals surface area contributed by atoms with Crippen molar-refractivity contribution in [1.82, 2.24) is 5.32 Å². The Bertz CT molecular complexity index is 314. The van der Waals surface area contributed by atoms with Crippen molar-refractivity contribution >= 4 is 17.7 Å². The van der Waals surface area contributed by atoms with Gasteiger partial charge in [0.25, 0.3) is 0 Å². The molecule has 6 heteroatoms. The van der Waals surface area contributed by atoms with Gasteiger partial charge >= 0.3 is 5.97 Å². The summed E-state index contributed by atoms with van der Waals surface area (Å²) in [5.41, 5.74) is 5.16. The van der Waals surface area contributed by atoms with E-state index in [4.69, 9.17) is 10.8 Å². The van der Waals surface area contributed by atoms with Crippen LogP contribution in [0, 0.1) is 11.8 Å². The molecule has 0 aromatic carbocycles. The van der Waals surface area contributed by atoms with Crippen molar-refractivity contribution in [1.29, 1.82) is 0 Å². The molecule has 0 spiro atoms. The molecule has 0 fully saturated rings. The first-order chi connectivity index (χ1) is 8.50. The number of rotatable bonds is 5. The minimum Gasteiger partial charge on any atom is -0.480 e. The molecule has 0 aliphatic heterocycles. The summed E-state index contributed by atoms with van der Waals surface area (Å²) in [6, 6.07) is -1.04. The minimum absolute atomic E-state index is 0.00944. The summed E-state index contributed by atoms with van der Waals surface area (Å²) in [5, 5.41) is 10.8. The summed E-state index contributed by atoms with van der Waals surface area (Å²) in [6.45, 7) is 10.3. The molecule has 0 bridgehead atoms. The lowest BCUT2D eigenvalue weighted by atomic mass is 10.0. The van der Waals surface area contributed by atoms with Crippen molar-refractivity contribution in [2.24, 2.45) is 17.6 Å². The van der Waals surface area contributed by atoms with Gasteiger partial charge in [0.15, 0.2) is 5.78 Å². The summed E-state index contributed by atoms with van der Waals surface area (Å²) in [4.78, 5) is 31.5. The van der Waals surface area contributed by atoms with Gasteiger partial charge in [0.1, 0.15) is 6.04 Å². The molecule has 0 aromatic heterocycles. The van der Waals surface area contributed by atoms with E-state index in [0.717, 1.165) is 0 Å². The van der Waals surface area contributed by atoms with Gasteiger partial charge in [-0.1, -0.05) is 27.7 Å². The maximum atomic E-state index is 10.9. The van der Waals surface area contributed by atoms with Crippen LogP contribution in [0.15, 0.2) is 0 Å². The van der Waals surface area contributed by atoms with Crippen molar-refractivity contribution in [2.75, 3.05) is 0 Å². The molecule has 4 N–H and O–H groups in total. The number of Topliss-reactive ketones (excluding diaryl/α,β-unsaturated/α-hetero) is 1. The number of nitrogens with two attached hydrogens (primary N) is 1. The molecule has 0 rings (SSSR count). The number of aliphatic carboxylic acids is 1. The van der Waals surface area contributed by atoms with Crippen LogP contribution in [0.3, 0.4) is 0 Å². The SMILES string of the molecule is CC(=O)NC(C(C)=O)C(C)C.CC(C)[C@H](N)C(=O)O. The number of amides is 1. The fourth-order valence-electron chi connectivity index (χ4n) is 1.24.